The molecule has 276 valence electrons. The molecule has 4 aromatic rings. The lowest BCUT2D eigenvalue weighted by atomic mass is 9.72. The number of likely N-dealkylation sites (tertiary alicyclic amines) is 1. The van der Waals surface area contributed by atoms with Crippen molar-refractivity contribution in [3.63, 3.8) is 0 Å². The Balaban J connectivity index is 0.755. The molecule has 15 heteroatoms. The van der Waals surface area contributed by atoms with Gasteiger partial charge in [0, 0.05) is 88.2 Å². The fourth-order valence-electron chi connectivity index (χ4n) is 8.51. The predicted octanol–water partition coefficient (Wildman–Crippen LogP) is 1.57. The Bertz CT molecular complexity index is 2300. The van der Waals surface area contributed by atoms with E-state index in [0.717, 1.165) is 71.2 Å². The SMILES string of the molecule is CCc1cc2ncc(CN3CCN(c4ccc(C(=O)N5CC6(C5)CN(c5ccc7c(c5)C(=O)N(C5CCC(=O)NC5=O)C7=O)C6)nc4)CC3)cc2[nH]c1=O. The summed E-state index contributed by atoms with van der Waals surface area (Å²) >= 11 is 0. The number of pyridine rings is 3. The first-order valence-electron chi connectivity index (χ1n) is 18.4. The van der Waals surface area contributed by atoms with E-state index < -0.39 is 29.7 Å². The van der Waals surface area contributed by atoms with Crippen molar-refractivity contribution in [1.82, 2.24) is 35.0 Å². The lowest BCUT2D eigenvalue weighted by Crippen LogP contribution is -2.73. The summed E-state index contributed by atoms with van der Waals surface area (Å²) in [4.78, 5) is 97.6. The fourth-order valence-corrected chi connectivity index (χ4v) is 8.51. The van der Waals surface area contributed by atoms with Crippen molar-refractivity contribution in [3.05, 3.63) is 93.2 Å². The maximum absolute atomic E-state index is 13.3. The van der Waals surface area contributed by atoms with Crippen LogP contribution < -0.4 is 20.7 Å². The number of aromatic nitrogens is 3. The van der Waals surface area contributed by atoms with E-state index in [9.17, 15) is 28.8 Å². The van der Waals surface area contributed by atoms with Crippen molar-refractivity contribution in [1.29, 1.82) is 0 Å². The van der Waals surface area contributed by atoms with Gasteiger partial charge in [0.25, 0.3) is 23.3 Å². The highest BCUT2D eigenvalue weighted by Gasteiger charge is 2.54. The van der Waals surface area contributed by atoms with E-state index in [0.29, 0.717) is 38.3 Å². The molecule has 54 heavy (non-hydrogen) atoms. The van der Waals surface area contributed by atoms with E-state index in [1.54, 1.807) is 24.4 Å². The van der Waals surface area contributed by atoms with Crippen LogP contribution >= 0.6 is 0 Å². The molecule has 0 radical (unpaired) electrons. The number of piperidine rings is 1. The van der Waals surface area contributed by atoms with Gasteiger partial charge in [0.2, 0.25) is 11.8 Å². The average molecular weight is 730 g/mol. The summed E-state index contributed by atoms with van der Waals surface area (Å²) in [5.41, 5.74) is 5.97. The second kappa shape index (κ2) is 12.9. The van der Waals surface area contributed by atoms with Gasteiger partial charge in [-0.05, 0) is 60.9 Å². The Kier molecular flexibility index (Phi) is 8.06. The standard InChI is InChI=1S/C39H39N9O6/c1-2-24-14-30-31(42-34(24)50)13-23(16-40-30)18-44-9-11-45(12-10-44)26-4-6-29(41-17-26)38(54)47-21-39(22-47)19-46(20-39)25-3-5-27-28(15-25)37(53)48(36(27)52)32-7-8-33(49)43-35(32)51/h3-6,13-17,32H,2,7-12,18-22H2,1H3,(H,42,50)(H,43,49,51). The van der Waals surface area contributed by atoms with Crippen LogP contribution in [0.25, 0.3) is 11.0 Å². The number of nitrogens with zero attached hydrogens (tertiary/aromatic N) is 7. The number of hydrogen-bond acceptors (Lipinski definition) is 11. The van der Waals surface area contributed by atoms with Gasteiger partial charge in [-0.15, -0.1) is 0 Å². The van der Waals surface area contributed by atoms with Crippen LogP contribution in [-0.2, 0) is 22.6 Å². The molecular formula is C39H39N9O6. The second-order valence-electron chi connectivity index (χ2n) is 15.1. The lowest BCUT2D eigenvalue weighted by Gasteiger charge is -2.60. The molecule has 4 fully saturated rings. The van der Waals surface area contributed by atoms with Gasteiger partial charge in [0.15, 0.2) is 0 Å². The van der Waals surface area contributed by atoms with Crippen molar-refractivity contribution < 1.29 is 24.0 Å². The molecule has 0 saturated carbocycles. The molecule has 2 N–H and O–H groups in total. The molecule has 1 atom stereocenters. The third kappa shape index (κ3) is 5.79. The number of benzene rings is 1. The number of piperazine rings is 1. The molecule has 5 aliphatic rings. The number of H-pyrrole nitrogens is 1. The van der Waals surface area contributed by atoms with E-state index in [1.165, 1.54) is 0 Å². The summed E-state index contributed by atoms with van der Waals surface area (Å²) in [5.74, 6) is -2.18. The summed E-state index contributed by atoms with van der Waals surface area (Å²) in [6.07, 6.45) is 4.52. The van der Waals surface area contributed by atoms with Crippen molar-refractivity contribution in [2.24, 2.45) is 5.41 Å². The number of fused-ring (bicyclic) bond motifs is 2. The van der Waals surface area contributed by atoms with Crippen LogP contribution in [-0.4, -0.2) is 118 Å². The van der Waals surface area contributed by atoms with Crippen LogP contribution in [0, 0.1) is 5.41 Å². The number of hydrogen-bond donors (Lipinski definition) is 2. The Morgan fingerprint density at radius 3 is 2.31 bits per heavy atom. The monoisotopic (exact) mass is 729 g/mol. The maximum atomic E-state index is 13.3. The number of amides is 5. The number of carbonyl (C=O) groups excluding carboxylic acids is 5. The highest BCUT2D eigenvalue weighted by atomic mass is 16.2. The zero-order valence-corrected chi connectivity index (χ0v) is 29.8. The summed E-state index contributed by atoms with van der Waals surface area (Å²) in [5, 5.41) is 2.22. The van der Waals surface area contributed by atoms with Crippen LogP contribution in [0.2, 0.25) is 0 Å². The first-order valence-corrected chi connectivity index (χ1v) is 18.4. The van der Waals surface area contributed by atoms with E-state index >= 15 is 0 Å². The van der Waals surface area contributed by atoms with Gasteiger partial charge in [-0.25, -0.2) is 4.98 Å². The number of imide groups is 2. The van der Waals surface area contributed by atoms with Crippen molar-refractivity contribution in [2.75, 3.05) is 62.2 Å². The normalized spacial score (nSPS) is 21.0. The lowest BCUT2D eigenvalue weighted by molar-refractivity contribution is -0.136. The third-order valence-electron chi connectivity index (χ3n) is 11.5. The summed E-state index contributed by atoms with van der Waals surface area (Å²) in [7, 11) is 0. The molecule has 3 aromatic heterocycles. The molecule has 0 aliphatic carbocycles. The van der Waals surface area contributed by atoms with Crippen molar-refractivity contribution in [3.8, 4) is 0 Å². The maximum Gasteiger partial charge on any atom is 0.272 e. The number of carbonyl (C=O) groups is 5. The Hall–Kier alpha value is -5.96. The van der Waals surface area contributed by atoms with Crippen LogP contribution in [0.4, 0.5) is 11.4 Å². The number of anilines is 2. The van der Waals surface area contributed by atoms with Gasteiger partial charge in [0.1, 0.15) is 11.7 Å². The van der Waals surface area contributed by atoms with Gasteiger partial charge in [-0.2, -0.15) is 0 Å². The van der Waals surface area contributed by atoms with E-state index in [4.69, 9.17) is 0 Å². The Morgan fingerprint density at radius 2 is 1.59 bits per heavy atom. The molecular weight excluding hydrogens is 690 g/mol. The highest BCUT2D eigenvalue weighted by molar-refractivity contribution is 6.23. The number of aromatic amines is 1. The molecule has 8 heterocycles. The van der Waals surface area contributed by atoms with Crippen LogP contribution in [0.1, 0.15) is 62.1 Å². The second-order valence-corrected chi connectivity index (χ2v) is 15.1. The molecule has 1 unspecified atom stereocenters. The minimum absolute atomic E-state index is 0.0361. The topological polar surface area (TPSA) is 172 Å². The van der Waals surface area contributed by atoms with E-state index in [1.807, 2.05) is 42.3 Å². The summed E-state index contributed by atoms with van der Waals surface area (Å²) in [6, 6.07) is 11.8. The van der Waals surface area contributed by atoms with E-state index in [-0.39, 0.29) is 40.8 Å². The van der Waals surface area contributed by atoms with Crippen molar-refractivity contribution >= 4 is 51.9 Å². The average Bonchev–Trinajstić information content (AvgIpc) is 3.38. The molecule has 15 nitrogen and oxygen atoms in total. The highest BCUT2D eigenvalue weighted by Crippen LogP contribution is 2.43. The Morgan fingerprint density at radius 1 is 0.833 bits per heavy atom. The van der Waals surface area contributed by atoms with Gasteiger partial charge in [-0.3, -0.25) is 48.9 Å². The smallest absolute Gasteiger partial charge is 0.272 e. The largest absolute Gasteiger partial charge is 0.370 e. The minimum Gasteiger partial charge on any atom is -0.370 e. The fraction of sp³-hybridized carbons (Fsp3) is 0.385. The summed E-state index contributed by atoms with van der Waals surface area (Å²) in [6.45, 7) is 8.72. The van der Waals surface area contributed by atoms with Gasteiger partial charge >= 0.3 is 0 Å². The van der Waals surface area contributed by atoms with Crippen molar-refractivity contribution in [2.45, 2.75) is 38.8 Å². The Labute approximate surface area is 309 Å². The minimum atomic E-state index is -0.998. The van der Waals surface area contributed by atoms with Gasteiger partial charge in [0.05, 0.1) is 34.0 Å². The van der Waals surface area contributed by atoms with Crippen LogP contribution in [0.5, 0.6) is 0 Å². The predicted molar refractivity (Wildman–Crippen MR) is 197 cm³/mol. The zero-order chi connectivity index (χ0) is 37.3. The zero-order valence-electron chi connectivity index (χ0n) is 29.8. The van der Waals surface area contributed by atoms with Crippen LogP contribution in [0.15, 0.2) is 59.7 Å². The molecule has 5 aliphatic heterocycles. The first kappa shape index (κ1) is 33.8. The van der Waals surface area contributed by atoms with Crippen LogP contribution in [0.3, 0.4) is 0 Å². The number of aryl methyl sites for hydroxylation is 1. The molecule has 5 amide bonds. The number of rotatable bonds is 7. The molecule has 4 saturated heterocycles. The number of nitrogens with one attached hydrogen (secondary N) is 2. The molecule has 1 spiro atoms. The summed E-state index contributed by atoms with van der Waals surface area (Å²) < 4.78 is 0. The first-order chi connectivity index (χ1) is 26.1. The van der Waals surface area contributed by atoms with Gasteiger partial charge < -0.3 is 19.7 Å². The van der Waals surface area contributed by atoms with Gasteiger partial charge in [-0.1, -0.05) is 6.92 Å². The molecule has 9 rings (SSSR count). The molecule has 0 bridgehead atoms. The van der Waals surface area contributed by atoms with E-state index in [2.05, 4.69) is 35.0 Å². The third-order valence-corrected chi connectivity index (χ3v) is 11.5. The quantitative estimate of drug-likeness (QED) is 0.265. The molecule has 1 aromatic carbocycles.